The van der Waals surface area contributed by atoms with Gasteiger partial charge in [-0.15, -0.1) is 24.8 Å². The van der Waals surface area contributed by atoms with Gasteiger partial charge >= 0.3 is 0 Å². The summed E-state index contributed by atoms with van der Waals surface area (Å²) in [6.45, 7) is 0.707. The van der Waals surface area contributed by atoms with Gasteiger partial charge in [0, 0.05) is 19.4 Å². The quantitative estimate of drug-likeness (QED) is 0.564. The summed E-state index contributed by atoms with van der Waals surface area (Å²) in [7, 11) is 0. The van der Waals surface area contributed by atoms with Crippen LogP contribution in [0.1, 0.15) is 19.3 Å². The maximum Gasteiger partial charge on any atom is 0.135 e. The number of nitrogens with zero attached hydrogens (tertiary/aromatic N) is 1. The molecule has 0 fully saturated rings. The summed E-state index contributed by atoms with van der Waals surface area (Å²) in [4.78, 5) is 14.6. The van der Waals surface area contributed by atoms with Crippen molar-refractivity contribution in [2.24, 2.45) is 4.99 Å². The molecule has 0 aliphatic carbocycles. The summed E-state index contributed by atoms with van der Waals surface area (Å²) >= 11 is 0. The third kappa shape index (κ3) is 9.84. The molecule has 0 saturated carbocycles. The number of ketones is 1. The number of carbonyl (C=O) groups excluding carboxylic acids is 1. The zero-order chi connectivity index (χ0) is 5.82. The van der Waals surface area contributed by atoms with Crippen molar-refractivity contribution in [2.45, 2.75) is 19.3 Å². The molecule has 1 heterocycles. The Morgan fingerprint density at radius 3 is 2.33 bits per heavy atom. The van der Waals surface area contributed by atoms with E-state index in [1.807, 2.05) is 6.21 Å². The van der Waals surface area contributed by atoms with E-state index in [0.717, 1.165) is 6.42 Å². The highest BCUT2D eigenvalue weighted by molar-refractivity contribution is 5.85. The van der Waals surface area contributed by atoms with E-state index in [1.54, 1.807) is 0 Å². The fourth-order valence-corrected chi connectivity index (χ4v) is 0.722. The van der Waals surface area contributed by atoms with Crippen molar-refractivity contribution in [3.8, 4) is 0 Å². The molecule has 0 aromatic heterocycles. The molecular formula is C6H15Cl2NO3. The molecular weight excluding hydrogens is 205 g/mol. The molecule has 0 bridgehead atoms. The second kappa shape index (κ2) is 13.4. The number of carbonyl (C=O) groups is 1. The molecule has 0 amide bonds. The lowest BCUT2D eigenvalue weighted by Crippen LogP contribution is -1.95. The van der Waals surface area contributed by atoms with E-state index in [-0.39, 0.29) is 35.8 Å². The fraction of sp³-hybridized carbons (Fsp3) is 0.667. The molecule has 0 radical (unpaired) electrons. The van der Waals surface area contributed by atoms with Gasteiger partial charge in [0.2, 0.25) is 0 Å². The van der Waals surface area contributed by atoms with Crippen molar-refractivity contribution in [3.63, 3.8) is 0 Å². The first-order chi connectivity index (χ1) is 3.89. The lowest BCUT2D eigenvalue weighted by atomic mass is 10.2. The molecule has 12 heavy (non-hydrogen) atoms. The number of rotatable bonds is 0. The average molecular weight is 220 g/mol. The average Bonchev–Trinajstić information content (AvgIpc) is 1.94. The molecule has 76 valence electrons. The summed E-state index contributed by atoms with van der Waals surface area (Å²) in [5, 5.41) is 0. The lowest BCUT2D eigenvalue weighted by Gasteiger charge is -1.86. The molecule has 4 N–H and O–H groups in total. The standard InChI is InChI=1S/C6H9NO.2ClH.2H2O/c8-6-2-1-4-7-5-3-6;;;;/h4H,1-3,5H2;2*1H;2*1H2. The van der Waals surface area contributed by atoms with Crippen LogP contribution in [0.25, 0.3) is 0 Å². The Labute approximate surface area is 83.9 Å². The van der Waals surface area contributed by atoms with E-state index in [2.05, 4.69) is 4.99 Å². The molecule has 0 saturated heterocycles. The molecule has 4 nitrogen and oxygen atoms in total. The van der Waals surface area contributed by atoms with Crippen LogP contribution in [0.3, 0.4) is 0 Å². The summed E-state index contributed by atoms with van der Waals surface area (Å²) in [6, 6.07) is 0. The zero-order valence-corrected chi connectivity index (χ0v) is 8.21. The number of halogens is 2. The van der Waals surface area contributed by atoms with Gasteiger partial charge in [-0.2, -0.15) is 0 Å². The minimum Gasteiger partial charge on any atom is -0.412 e. The first-order valence-corrected chi connectivity index (χ1v) is 2.89. The number of hydrogen-bond donors (Lipinski definition) is 0. The van der Waals surface area contributed by atoms with E-state index in [9.17, 15) is 4.79 Å². The van der Waals surface area contributed by atoms with Crippen LogP contribution in [0.5, 0.6) is 0 Å². The van der Waals surface area contributed by atoms with E-state index in [1.165, 1.54) is 0 Å². The van der Waals surface area contributed by atoms with Crippen LogP contribution in [0.4, 0.5) is 0 Å². The Morgan fingerprint density at radius 1 is 1.17 bits per heavy atom. The van der Waals surface area contributed by atoms with Crippen LogP contribution in [0.15, 0.2) is 4.99 Å². The summed E-state index contributed by atoms with van der Waals surface area (Å²) in [5.74, 6) is 0.350. The monoisotopic (exact) mass is 219 g/mol. The maximum atomic E-state index is 10.6. The molecule has 0 unspecified atom stereocenters. The van der Waals surface area contributed by atoms with Crippen LogP contribution >= 0.6 is 24.8 Å². The van der Waals surface area contributed by atoms with Crippen LogP contribution in [-0.2, 0) is 4.79 Å². The van der Waals surface area contributed by atoms with E-state index in [0.29, 0.717) is 25.2 Å². The van der Waals surface area contributed by atoms with E-state index >= 15 is 0 Å². The first kappa shape index (κ1) is 22.6. The minimum atomic E-state index is 0. The largest absolute Gasteiger partial charge is 0.412 e. The summed E-state index contributed by atoms with van der Waals surface area (Å²) in [5.41, 5.74) is 0. The topological polar surface area (TPSA) is 92.4 Å². The zero-order valence-electron chi connectivity index (χ0n) is 6.58. The van der Waals surface area contributed by atoms with Gasteiger partial charge in [0.25, 0.3) is 0 Å². The minimum absolute atomic E-state index is 0. The highest BCUT2D eigenvalue weighted by atomic mass is 35.5. The Hall–Kier alpha value is -0.160. The summed E-state index contributed by atoms with van der Waals surface area (Å²) in [6.07, 6.45) is 4.03. The lowest BCUT2D eigenvalue weighted by molar-refractivity contribution is -0.118. The van der Waals surface area contributed by atoms with Gasteiger partial charge in [0.15, 0.2) is 0 Å². The molecule has 1 aliphatic heterocycles. The van der Waals surface area contributed by atoms with Crippen LogP contribution in [-0.4, -0.2) is 29.5 Å². The molecule has 1 aliphatic rings. The second-order valence-corrected chi connectivity index (χ2v) is 1.92. The van der Waals surface area contributed by atoms with Crippen molar-refractivity contribution >= 4 is 36.8 Å². The smallest absolute Gasteiger partial charge is 0.135 e. The van der Waals surface area contributed by atoms with Crippen LogP contribution in [0.2, 0.25) is 0 Å². The highest BCUT2D eigenvalue weighted by Gasteiger charge is 2.01. The Bertz CT molecular complexity index is 118. The molecule has 1 rings (SSSR count). The SMILES string of the molecule is Cl.Cl.O.O.O=C1CCC=NCC1. The van der Waals surface area contributed by atoms with E-state index in [4.69, 9.17) is 0 Å². The van der Waals surface area contributed by atoms with Crippen molar-refractivity contribution in [1.29, 1.82) is 0 Å². The van der Waals surface area contributed by atoms with Crippen molar-refractivity contribution < 1.29 is 15.7 Å². The van der Waals surface area contributed by atoms with E-state index < -0.39 is 0 Å². The number of Topliss-reactive ketones (excluding diaryl/α,β-unsaturated/α-hetero) is 1. The first-order valence-electron chi connectivity index (χ1n) is 2.89. The van der Waals surface area contributed by atoms with Crippen LogP contribution < -0.4 is 0 Å². The number of hydrogen-bond acceptors (Lipinski definition) is 2. The fourth-order valence-electron chi connectivity index (χ4n) is 0.722. The van der Waals surface area contributed by atoms with Gasteiger partial charge in [-0.25, -0.2) is 0 Å². The maximum absolute atomic E-state index is 10.6. The Morgan fingerprint density at radius 2 is 1.75 bits per heavy atom. The second-order valence-electron chi connectivity index (χ2n) is 1.92. The molecule has 0 aromatic carbocycles. The van der Waals surface area contributed by atoms with Gasteiger partial charge in [0.1, 0.15) is 5.78 Å². The summed E-state index contributed by atoms with van der Waals surface area (Å²) < 4.78 is 0. The number of aliphatic imine (C=N–C) groups is 1. The van der Waals surface area contributed by atoms with Crippen LogP contribution in [0, 0.1) is 0 Å². The van der Waals surface area contributed by atoms with Gasteiger partial charge < -0.3 is 11.0 Å². The van der Waals surface area contributed by atoms with Gasteiger partial charge in [-0.1, -0.05) is 0 Å². The normalized spacial score (nSPS) is 13.8. The van der Waals surface area contributed by atoms with Gasteiger partial charge in [0.05, 0.1) is 0 Å². The third-order valence-electron chi connectivity index (χ3n) is 1.20. The van der Waals surface area contributed by atoms with Crippen molar-refractivity contribution in [3.05, 3.63) is 0 Å². The van der Waals surface area contributed by atoms with Crippen molar-refractivity contribution in [2.75, 3.05) is 6.54 Å². The predicted molar refractivity (Wildman–Crippen MR) is 53.9 cm³/mol. The molecule has 0 spiro atoms. The highest BCUT2D eigenvalue weighted by Crippen LogP contribution is 1.97. The third-order valence-corrected chi connectivity index (χ3v) is 1.20. The molecule has 6 heteroatoms. The predicted octanol–water partition coefficient (Wildman–Crippen LogP) is 0.00440. The Balaban J connectivity index is -0.0000000800. The van der Waals surface area contributed by atoms with Gasteiger partial charge in [-0.05, 0) is 12.6 Å². The Kier molecular flexibility index (Phi) is 25.3. The molecule has 0 aromatic rings. The molecule has 0 atom stereocenters. The van der Waals surface area contributed by atoms with Gasteiger partial charge in [-0.3, -0.25) is 9.79 Å². The van der Waals surface area contributed by atoms with Crippen molar-refractivity contribution in [1.82, 2.24) is 0 Å².